The van der Waals surface area contributed by atoms with Crippen molar-refractivity contribution in [1.82, 2.24) is 4.72 Å². The molecule has 1 aliphatic heterocycles. The fourth-order valence-corrected chi connectivity index (χ4v) is 4.42. The smallest absolute Gasteiger partial charge is 0.244 e. The summed E-state index contributed by atoms with van der Waals surface area (Å²) in [4.78, 5) is 2.48. The second kappa shape index (κ2) is 4.96. The summed E-state index contributed by atoms with van der Waals surface area (Å²) in [7, 11) is -3.41. The molecule has 1 saturated carbocycles. The molecule has 0 radical (unpaired) electrons. The second-order valence-electron chi connectivity index (χ2n) is 5.18. The first kappa shape index (κ1) is 13.2. The van der Waals surface area contributed by atoms with E-state index >= 15 is 0 Å². The Balaban J connectivity index is 2.02. The number of hydrogen-bond acceptors (Lipinski definition) is 3. The van der Waals surface area contributed by atoms with Gasteiger partial charge in [0.25, 0.3) is 0 Å². The van der Waals surface area contributed by atoms with Gasteiger partial charge in [-0.15, -0.1) is 0 Å². The highest BCUT2D eigenvalue weighted by Crippen LogP contribution is 2.35. The number of nitrogens with zero attached hydrogens (tertiary/aromatic N) is 1. The first-order chi connectivity index (χ1) is 9.08. The van der Waals surface area contributed by atoms with Gasteiger partial charge in [-0.2, -0.15) is 4.72 Å². The van der Waals surface area contributed by atoms with E-state index in [2.05, 4.69) is 9.62 Å². The van der Waals surface area contributed by atoms with Gasteiger partial charge >= 0.3 is 0 Å². The van der Waals surface area contributed by atoms with Crippen LogP contribution >= 0.6 is 11.6 Å². The quantitative estimate of drug-likeness (QED) is 0.867. The predicted molar refractivity (Wildman–Crippen MR) is 76.0 cm³/mol. The van der Waals surface area contributed by atoms with E-state index in [0.29, 0.717) is 22.6 Å². The van der Waals surface area contributed by atoms with Gasteiger partial charge in [0.1, 0.15) is 4.90 Å². The molecule has 0 amide bonds. The standard InChI is InChI=1S/C13H17ClN2O2S/c14-10-6-7-12-13(8-10)19(17,18)15-9-16(12)11-4-2-1-3-5-11/h6-8,11,15H,1-5,9H2. The van der Waals surface area contributed by atoms with Gasteiger partial charge in [-0.1, -0.05) is 30.9 Å². The Kier molecular flexibility index (Phi) is 3.45. The summed E-state index contributed by atoms with van der Waals surface area (Å²) < 4.78 is 26.7. The summed E-state index contributed by atoms with van der Waals surface area (Å²) in [5.41, 5.74) is 0.787. The van der Waals surface area contributed by atoms with Crippen molar-refractivity contribution in [1.29, 1.82) is 0 Å². The van der Waals surface area contributed by atoms with Gasteiger partial charge in [-0.25, -0.2) is 8.42 Å². The van der Waals surface area contributed by atoms with Crippen LogP contribution in [0, 0.1) is 0 Å². The monoisotopic (exact) mass is 300 g/mol. The van der Waals surface area contributed by atoms with Gasteiger partial charge in [0.2, 0.25) is 10.0 Å². The number of rotatable bonds is 1. The van der Waals surface area contributed by atoms with E-state index < -0.39 is 10.0 Å². The molecule has 3 rings (SSSR count). The molecule has 1 fully saturated rings. The van der Waals surface area contributed by atoms with Crippen LogP contribution < -0.4 is 9.62 Å². The SMILES string of the molecule is O=S1(=O)NCN(C2CCCCC2)c2ccc(Cl)cc21. The molecule has 1 aliphatic carbocycles. The normalized spacial score (nSPS) is 23.1. The van der Waals surface area contributed by atoms with Crippen LogP contribution in [-0.2, 0) is 10.0 Å². The maximum atomic E-state index is 12.1. The van der Waals surface area contributed by atoms with Crippen LogP contribution in [0.15, 0.2) is 23.1 Å². The zero-order chi connectivity index (χ0) is 13.5. The van der Waals surface area contributed by atoms with Crippen molar-refractivity contribution >= 4 is 27.3 Å². The van der Waals surface area contributed by atoms with Crippen LogP contribution in [0.4, 0.5) is 5.69 Å². The number of anilines is 1. The molecule has 6 heteroatoms. The molecule has 19 heavy (non-hydrogen) atoms. The van der Waals surface area contributed by atoms with E-state index in [1.165, 1.54) is 25.3 Å². The lowest BCUT2D eigenvalue weighted by molar-refractivity contribution is 0.408. The maximum absolute atomic E-state index is 12.1. The Morgan fingerprint density at radius 3 is 2.68 bits per heavy atom. The van der Waals surface area contributed by atoms with E-state index in [-0.39, 0.29) is 0 Å². The highest BCUT2D eigenvalue weighted by molar-refractivity contribution is 7.89. The zero-order valence-electron chi connectivity index (χ0n) is 10.6. The number of sulfonamides is 1. The first-order valence-electron chi connectivity index (χ1n) is 6.64. The minimum atomic E-state index is -3.41. The fourth-order valence-electron chi connectivity index (χ4n) is 2.98. The minimum absolute atomic E-state index is 0.303. The van der Waals surface area contributed by atoms with Crippen molar-refractivity contribution in [2.45, 2.75) is 43.0 Å². The lowest BCUT2D eigenvalue weighted by Gasteiger charge is -2.39. The van der Waals surface area contributed by atoms with Crippen molar-refractivity contribution in [3.8, 4) is 0 Å². The minimum Gasteiger partial charge on any atom is -0.354 e. The second-order valence-corrected chi connectivity index (χ2v) is 7.35. The summed E-state index contributed by atoms with van der Waals surface area (Å²) in [6.07, 6.45) is 5.98. The Morgan fingerprint density at radius 2 is 1.95 bits per heavy atom. The third-order valence-corrected chi connectivity index (χ3v) is 5.61. The average molecular weight is 301 g/mol. The van der Waals surface area contributed by atoms with Gasteiger partial charge in [-0.3, -0.25) is 0 Å². The molecular formula is C13H17ClN2O2S. The number of benzene rings is 1. The Labute approximate surface area is 118 Å². The number of hydrogen-bond donors (Lipinski definition) is 1. The number of fused-ring (bicyclic) bond motifs is 1. The third kappa shape index (κ3) is 2.47. The molecule has 0 spiro atoms. The van der Waals surface area contributed by atoms with Gasteiger partial charge in [0, 0.05) is 11.1 Å². The number of halogens is 1. The topological polar surface area (TPSA) is 49.4 Å². The van der Waals surface area contributed by atoms with Crippen LogP contribution in [0.3, 0.4) is 0 Å². The molecule has 1 heterocycles. The van der Waals surface area contributed by atoms with Gasteiger partial charge in [0.05, 0.1) is 12.4 Å². The van der Waals surface area contributed by atoms with Crippen molar-refractivity contribution in [2.75, 3.05) is 11.6 Å². The van der Waals surface area contributed by atoms with Crippen molar-refractivity contribution in [3.05, 3.63) is 23.2 Å². The zero-order valence-corrected chi connectivity index (χ0v) is 12.2. The largest absolute Gasteiger partial charge is 0.354 e. The molecule has 0 aromatic heterocycles. The Hall–Kier alpha value is -0.780. The molecule has 0 bridgehead atoms. The molecule has 1 aromatic rings. The van der Waals surface area contributed by atoms with Crippen LogP contribution in [0.1, 0.15) is 32.1 Å². The van der Waals surface area contributed by atoms with E-state index in [0.717, 1.165) is 18.5 Å². The van der Waals surface area contributed by atoms with Gasteiger partial charge in [0.15, 0.2) is 0 Å². The molecule has 0 saturated heterocycles. The molecule has 1 N–H and O–H groups in total. The molecular weight excluding hydrogens is 284 g/mol. The first-order valence-corrected chi connectivity index (χ1v) is 8.50. The molecule has 104 valence electrons. The van der Waals surface area contributed by atoms with E-state index in [9.17, 15) is 8.42 Å². The molecule has 0 unspecified atom stereocenters. The molecule has 0 atom stereocenters. The summed E-state index contributed by atoms with van der Waals surface area (Å²) in [6.45, 7) is 0.363. The molecule has 1 aromatic carbocycles. The van der Waals surface area contributed by atoms with E-state index in [4.69, 9.17) is 11.6 Å². The van der Waals surface area contributed by atoms with Crippen LogP contribution in [0.5, 0.6) is 0 Å². The lowest BCUT2D eigenvalue weighted by atomic mass is 9.94. The fraction of sp³-hybridized carbons (Fsp3) is 0.538. The average Bonchev–Trinajstić information content (AvgIpc) is 2.41. The van der Waals surface area contributed by atoms with Crippen molar-refractivity contribution in [3.63, 3.8) is 0 Å². The highest BCUT2D eigenvalue weighted by atomic mass is 35.5. The predicted octanol–water partition coefficient (Wildman–Crippen LogP) is 2.73. The van der Waals surface area contributed by atoms with Gasteiger partial charge in [-0.05, 0) is 31.0 Å². The summed E-state index contributed by atoms with van der Waals surface area (Å²) in [6, 6.07) is 5.55. The summed E-state index contributed by atoms with van der Waals surface area (Å²) >= 11 is 5.93. The maximum Gasteiger partial charge on any atom is 0.244 e. The van der Waals surface area contributed by atoms with E-state index in [1.54, 1.807) is 6.07 Å². The molecule has 2 aliphatic rings. The Morgan fingerprint density at radius 1 is 1.21 bits per heavy atom. The Bertz CT molecular complexity index is 582. The van der Waals surface area contributed by atoms with Gasteiger partial charge < -0.3 is 4.90 Å². The van der Waals surface area contributed by atoms with E-state index in [1.807, 2.05) is 6.07 Å². The van der Waals surface area contributed by atoms with Crippen molar-refractivity contribution < 1.29 is 8.42 Å². The molecule has 4 nitrogen and oxygen atoms in total. The van der Waals surface area contributed by atoms with Crippen LogP contribution in [-0.4, -0.2) is 21.1 Å². The highest BCUT2D eigenvalue weighted by Gasteiger charge is 2.32. The third-order valence-electron chi connectivity index (χ3n) is 3.96. The van der Waals surface area contributed by atoms with Crippen molar-refractivity contribution in [2.24, 2.45) is 0 Å². The lowest BCUT2D eigenvalue weighted by Crippen LogP contribution is -2.48. The number of nitrogens with one attached hydrogen (secondary N) is 1. The summed E-state index contributed by atoms with van der Waals surface area (Å²) in [5, 5.41) is 0.453. The van der Waals surface area contributed by atoms with Crippen LogP contribution in [0.25, 0.3) is 0 Å². The van der Waals surface area contributed by atoms with Crippen LogP contribution in [0.2, 0.25) is 5.02 Å². The summed E-state index contributed by atoms with van der Waals surface area (Å²) in [5.74, 6) is 0.